The van der Waals surface area contributed by atoms with Gasteiger partial charge in [-0.3, -0.25) is 4.99 Å². The minimum Gasteiger partial charge on any atom is -0.326 e. The molecule has 0 atom stereocenters. The van der Waals surface area contributed by atoms with Crippen LogP contribution in [0.5, 0.6) is 0 Å². The largest absolute Gasteiger partial charge is 0.326 e. The predicted octanol–water partition coefficient (Wildman–Crippen LogP) is 2.51. The Morgan fingerprint density at radius 2 is 2.31 bits per heavy atom. The van der Waals surface area contributed by atoms with E-state index in [1.807, 2.05) is 37.3 Å². The molecule has 2 heteroatoms. The fraction of sp³-hybridized carbons (Fsp3) is 0.182. The van der Waals surface area contributed by atoms with Crippen molar-refractivity contribution in [1.82, 2.24) is 0 Å². The summed E-state index contributed by atoms with van der Waals surface area (Å²) >= 11 is 0. The molecule has 2 nitrogen and oxygen atoms in total. The Bertz CT molecular complexity index is 327. The van der Waals surface area contributed by atoms with Crippen LogP contribution < -0.4 is 5.73 Å². The maximum atomic E-state index is 5.54. The summed E-state index contributed by atoms with van der Waals surface area (Å²) in [5.41, 5.74) is 8.62. The van der Waals surface area contributed by atoms with Gasteiger partial charge in [-0.1, -0.05) is 18.2 Å². The minimum absolute atomic E-state index is 0.558. The van der Waals surface area contributed by atoms with Gasteiger partial charge < -0.3 is 5.73 Å². The second kappa shape index (κ2) is 4.58. The van der Waals surface area contributed by atoms with Crippen molar-refractivity contribution in [1.29, 1.82) is 0 Å². The van der Waals surface area contributed by atoms with E-state index in [0.29, 0.717) is 6.54 Å². The van der Waals surface area contributed by atoms with Gasteiger partial charge >= 0.3 is 0 Å². The van der Waals surface area contributed by atoms with Gasteiger partial charge in [-0.05, 0) is 31.3 Å². The third kappa shape index (κ3) is 2.26. The van der Waals surface area contributed by atoms with Crippen molar-refractivity contribution < 1.29 is 0 Å². The van der Waals surface area contributed by atoms with E-state index in [1.165, 1.54) is 0 Å². The van der Waals surface area contributed by atoms with Crippen LogP contribution in [0.1, 0.15) is 18.1 Å². The van der Waals surface area contributed by atoms with Gasteiger partial charge in [-0.15, -0.1) is 0 Å². The predicted molar refractivity (Wildman–Crippen MR) is 58.3 cm³/mol. The Labute approximate surface area is 78.8 Å². The van der Waals surface area contributed by atoms with Crippen LogP contribution in [0.3, 0.4) is 0 Å². The summed E-state index contributed by atoms with van der Waals surface area (Å²) in [4.78, 5) is 3.92. The summed E-state index contributed by atoms with van der Waals surface area (Å²) in [6.45, 7) is 6.05. The summed E-state index contributed by atoms with van der Waals surface area (Å²) < 4.78 is 0. The lowest BCUT2D eigenvalue weighted by Gasteiger charge is -2.02. The first-order valence-corrected chi connectivity index (χ1v) is 4.24. The summed E-state index contributed by atoms with van der Waals surface area (Å²) in [6.07, 6.45) is 3.98. The maximum absolute atomic E-state index is 5.54. The molecule has 0 radical (unpaired) electrons. The lowest BCUT2D eigenvalue weighted by Crippen LogP contribution is -1.95. The van der Waals surface area contributed by atoms with Crippen LogP contribution in [-0.2, 0) is 6.54 Å². The highest BCUT2D eigenvalue weighted by molar-refractivity contribution is 5.66. The van der Waals surface area contributed by atoms with Crippen molar-refractivity contribution >= 4 is 18.5 Å². The van der Waals surface area contributed by atoms with E-state index in [1.54, 1.807) is 0 Å². The highest BCUT2D eigenvalue weighted by Gasteiger charge is 1.97. The van der Waals surface area contributed by atoms with Gasteiger partial charge in [-0.25, -0.2) is 0 Å². The molecular formula is C11H14N2. The summed E-state index contributed by atoms with van der Waals surface area (Å²) in [5, 5.41) is 0. The Balaban J connectivity index is 3.17. The fourth-order valence-electron chi connectivity index (χ4n) is 1.19. The van der Waals surface area contributed by atoms with E-state index < -0.39 is 0 Å². The second-order valence-electron chi connectivity index (χ2n) is 2.76. The van der Waals surface area contributed by atoms with Crippen LogP contribution >= 0.6 is 0 Å². The summed E-state index contributed by atoms with van der Waals surface area (Å²) in [5.74, 6) is 0. The standard InChI is InChI=1S/C11H14N2/c1-3-4-10-7-9(8-12)5-6-11(10)13-2/h3-7H,2,8,12H2,1H3/b4-3-. The molecule has 0 saturated heterocycles. The maximum Gasteiger partial charge on any atom is 0.0694 e. The van der Waals surface area contributed by atoms with E-state index in [4.69, 9.17) is 5.73 Å². The number of allylic oxidation sites excluding steroid dienone is 1. The zero-order chi connectivity index (χ0) is 9.68. The second-order valence-corrected chi connectivity index (χ2v) is 2.76. The average Bonchev–Trinajstić information content (AvgIpc) is 2.18. The van der Waals surface area contributed by atoms with Crippen molar-refractivity contribution in [3.63, 3.8) is 0 Å². The average molecular weight is 174 g/mol. The quantitative estimate of drug-likeness (QED) is 0.702. The number of hydrogen-bond acceptors (Lipinski definition) is 2. The molecule has 0 aliphatic rings. The topological polar surface area (TPSA) is 38.4 Å². The molecule has 13 heavy (non-hydrogen) atoms. The Hall–Kier alpha value is -1.41. The van der Waals surface area contributed by atoms with Crippen molar-refractivity contribution in [2.75, 3.05) is 0 Å². The van der Waals surface area contributed by atoms with E-state index >= 15 is 0 Å². The molecule has 2 N–H and O–H groups in total. The van der Waals surface area contributed by atoms with Crippen molar-refractivity contribution in [3.05, 3.63) is 35.4 Å². The van der Waals surface area contributed by atoms with Crippen LogP contribution in [0.4, 0.5) is 5.69 Å². The van der Waals surface area contributed by atoms with Gasteiger partial charge in [-0.2, -0.15) is 0 Å². The number of nitrogens with two attached hydrogens (primary N) is 1. The van der Waals surface area contributed by atoms with Gasteiger partial charge in [0.1, 0.15) is 0 Å². The molecule has 1 rings (SSSR count). The van der Waals surface area contributed by atoms with E-state index in [2.05, 4.69) is 11.7 Å². The Morgan fingerprint density at radius 1 is 1.54 bits per heavy atom. The molecule has 0 saturated carbocycles. The van der Waals surface area contributed by atoms with E-state index in [-0.39, 0.29) is 0 Å². The smallest absolute Gasteiger partial charge is 0.0694 e. The molecule has 1 aromatic carbocycles. The third-order valence-corrected chi connectivity index (χ3v) is 1.84. The van der Waals surface area contributed by atoms with Crippen LogP contribution in [0, 0.1) is 0 Å². The third-order valence-electron chi connectivity index (χ3n) is 1.84. The van der Waals surface area contributed by atoms with Crippen LogP contribution in [0.25, 0.3) is 6.08 Å². The fourth-order valence-corrected chi connectivity index (χ4v) is 1.19. The van der Waals surface area contributed by atoms with Gasteiger partial charge in [0.2, 0.25) is 0 Å². The summed E-state index contributed by atoms with van der Waals surface area (Å²) in [7, 11) is 0. The normalized spacial score (nSPS) is 10.6. The number of aliphatic imine (C=N–C) groups is 1. The SMILES string of the molecule is C=Nc1ccc(CN)cc1/C=C\C. The molecule has 0 aliphatic heterocycles. The van der Waals surface area contributed by atoms with Gasteiger partial charge in [0, 0.05) is 12.1 Å². The molecule has 1 aromatic rings. The molecular weight excluding hydrogens is 160 g/mol. The lowest BCUT2D eigenvalue weighted by atomic mass is 10.1. The molecule has 0 unspecified atom stereocenters. The Kier molecular flexibility index (Phi) is 3.41. The van der Waals surface area contributed by atoms with Crippen molar-refractivity contribution in [3.8, 4) is 0 Å². The molecule has 0 spiro atoms. The Morgan fingerprint density at radius 3 is 2.85 bits per heavy atom. The van der Waals surface area contributed by atoms with Crippen molar-refractivity contribution in [2.24, 2.45) is 10.7 Å². The van der Waals surface area contributed by atoms with Crippen LogP contribution in [0.2, 0.25) is 0 Å². The minimum atomic E-state index is 0.558. The first-order valence-electron chi connectivity index (χ1n) is 4.24. The summed E-state index contributed by atoms with van der Waals surface area (Å²) in [6, 6.07) is 5.94. The number of rotatable bonds is 3. The first-order chi connectivity index (χ1) is 6.31. The zero-order valence-corrected chi connectivity index (χ0v) is 7.83. The van der Waals surface area contributed by atoms with Crippen LogP contribution in [-0.4, -0.2) is 6.72 Å². The number of hydrogen-bond donors (Lipinski definition) is 1. The molecule has 0 bridgehead atoms. The van der Waals surface area contributed by atoms with Gasteiger partial charge in [0.15, 0.2) is 0 Å². The molecule has 0 fully saturated rings. The van der Waals surface area contributed by atoms with Crippen molar-refractivity contribution in [2.45, 2.75) is 13.5 Å². The van der Waals surface area contributed by atoms with E-state index in [9.17, 15) is 0 Å². The highest BCUT2D eigenvalue weighted by Crippen LogP contribution is 2.21. The highest BCUT2D eigenvalue weighted by atomic mass is 14.7. The lowest BCUT2D eigenvalue weighted by molar-refractivity contribution is 1.07. The van der Waals surface area contributed by atoms with Gasteiger partial charge in [0.25, 0.3) is 0 Å². The first kappa shape index (κ1) is 9.68. The zero-order valence-electron chi connectivity index (χ0n) is 7.83. The number of benzene rings is 1. The van der Waals surface area contributed by atoms with Crippen LogP contribution in [0.15, 0.2) is 29.3 Å². The molecule has 0 heterocycles. The number of nitrogens with zero attached hydrogens (tertiary/aromatic N) is 1. The van der Waals surface area contributed by atoms with Gasteiger partial charge in [0.05, 0.1) is 5.69 Å². The molecule has 68 valence electrons. The van der Waals surface area contributed by atoms with E-state index in [0.717, 1.165) is 16.8 Å². The molecule has 0 aliphatic carbocycles. The molecule has 0 aromatic heterocycles. The monoisotopic (exact) mass is 174 g/mol. The molecule has 0 amide bonds.